The second kappa shape index (κ2) is 13.0. The van der Waals surface area contributed by atoms with Gasteiger partial charge in [0.05, 0.1) is 0 Å². The third kappa shape index (κ3) is 11.7. The Balaban J connectivity index is 4.00. The number of hydrogen-bond donors (Lipinski definition) is 0. The molecule has 0 aromatic heterocycles. The maximum atomic E-state index is 6.23. The lowest BCUT2D eigenvalue weighted by molar-refractivity contribution is 0.205. The molecule has 0 saturated heterocycles. The first-order chi connectivity index (χ1) is 9.95. The van der Waals surface area contributed by atoms with Crippen molar-refractivity contribution in [1.29, 1.82) is 0 Å². The summed E-state index contributed by atoms with van der Waals surface area (Å²) in [7, 11) is -2.80. The molecule has 0 unspecified atom stereocenters. The van der Waals surface area contributed by atoms with E-state index in [1.165, 1.54) is 51.4 Å². The highest BCUT2D eigenvalue weighted by Crippen LogP contribution is 2.22. The van der Waals surface area contributed by atoms with E-state index in [1.54, 1.807) is 7.11 Å². The average Bonchev–Trinajstić information content (AvgIpc) is 2.40. The smallest absolute Gasteiger partial charge is 0.419 e. The van der Waals surface area contributed by atoms with Gasteiger partial charge in [-0.25, -0.2) is 0 Å². The molecule has 0 aliphatic rings. The van der Waals surface area contributed by atoms with Crippen molar-refractivity contribution >= 4 is 26.9 Å². The minimum absolute atomic E-state index is 1.01. The molecule has 0 aliphatic heterocycles. The largest absolute Gasteiger partial charge is 0.479 e. The lowest BCUT2D eigenvalue weighted by atomic mass is 10.1. The number of hydrogen-bond acceptors (Lipinski definition) is 3. The Labute approximate surface area is 137 Å². The molecule has 6 heteroatoms. The molecule has 0 aromatic rings. The van der Waals surface area contributed by atoms with Gasteiger partial charge < -0.3 is 12.7 Å². The molecular formula is C15H38O3Si3. The second-order valence-electron chi connectivity index (χ2n) is 6.45. The molecule has 0 N–H and O–H groups in total. The molecule has 0 rings (SSSR count). The Morgan fingerprint density at radius 2 is 1.14 bits per heavy atom. The molecule has 0 heterocycles. The van der Waals surface area contributed by atoms with Gasteiger partial charge in [0.1, 0.15) is 0 Å². The Morgan fingerprint density at radius 1 is 0.714 bits per heavy atom. The summed E-state index contributed by atoms with van der Waals surface area (Å²) in [6.07, 6.45) is 10.7. The van der Waals surface area contributed by atoms with Gasteiger partial charge in [0.15, 0.2) is 18.1 Å². The maximum absolute atomic E-state index is 6.23. The Morgan fingerprint density at radius 3 is 1.52 bits per heavy atom. The van der Waals surface area contributed by atoms with Crippen molar-refractivity contribution in [1.82, 2.24) is 0 Å². The molecule has 0 amide bonds. The molecule has 0 bridgehead atoms. The van der Waals surface area contributed by atoms with Gasteiger partial charge in [0.2, 0.25) is 0 Å². The Hall–Kier alpha value is 0.531. The summed E-state index contributed by atoms with van der Waals surface area (Å²) in [6, 6.07) is 1.01. The third-order valence-corrected chi connectivity index (χ3v) is 11.7. The van der Waals surface area contributed by atoms with Gasteiger partial charge in [0.25, 0.3) is 0 Å². The zero-order chi connectivity index (χ0) is 16.1. The van der Waals surface area contributed by atoms with Crippen LogP contribution in [-0.4, -0.2) is 34.0 Å². The molecule has 0 saturated carbocycles. The van der Waals surface area contributed by atoms with Gasteiger partial charge in [-0.1, -0.05) is 51.9 Å². The van der Waals surface area contributed by atoms with Crippen LogP contribution < -0.4 is 0 Å². The van der Waals surface area contributed by atoms with Crippen molar-refractivity contribution in [3.63, 3.8) is 0 Å². The molecule has 3 nitrogen and oxygen atoms in total. The molecule has 128 valence electrons. The highest BCUT2D eigenvalue weighted by atomic mass is 28.5. The van der Waals surface area contributed by atoms with Gasteiger partial charge in [-0.2, -0.15) is 0 Å². The lowest BCUT2D eigenvalue weighted by Gasteiger charge is -2.32. The van der Waals surface area contributed by atoms with E-state index in [4.69, 9.17) is 12.7 Å². The molecule has 0 radical (unpaired) electrons. The SMILES string of the molecule is CCCCCCCCCC[Si](OC)(O[SiH](C)C)O[SiH](C)C. The predicted octanol–water partition coefficient (Wildman–Crippen LogP) is 4.71. The van der Waals surface area contributed by atoms with E-state index in [0.717, 1.165) is 6.04 Å². The predicted molar refractivity (Wildman–Crippen MR) is 100 cm³/mol. The van der Waals surface area contributed by atoms with E-state index in [1.807, 2.05) is 0 Å². The second-order valence-corrected chi connectivity index (χ2v) is 14.8. The standard InChI is InChI=1S/C15H38O3Si3/c1-7-8-9-10-11-12-13-14-15-21(16-2,17-19(3)4)18-20(5)6/h19-20H,7-15H2,1-6H3. The molecule has 0 aliphatic carbocycles. The first-order valence-corrected chi connectivity index (χ1v) is 16.4. The summed E-state index contributed by atoms with van der Waals surface area (Å²) in [5.74, 6) is 0. The summed E-state index contributed by atoms with van der Waals surface area (Å²) < 4.78 is 18.2. The summed E-state index contributed by atoms with van der Waals surface area (Å²) in [5.41, 5.74) is 0. The minimum Gasteiger partial charge on any atom is -0.419 e. The van der Waals surface area contributed by atoms with Crippen LogP contribution in [0, 0.1) is 0 Å². The molecular weight excluding hydrogens is 312 g/mol. The van der Waals surface area contributed by atoms with Crippen LogP contribution in [0.5, 0.6) is 0 Å². The van der Waals surface area contributed by atoms with Crippen LogP contribution >= 0.6 is 0 Å². The molecule has 0 aromatic carbocycles. The van der Waals surface area contributed by atoms with Crippen molar-refractivity contribution in [3.05, 3.63) is 0 Å². The lowest BCUT2D eigenvalue weighted by Crippen LogP contribution is -2.50. The molecule has 0 fully saturated rings. The van der Waals surface area contributed by atoms with E-state index in [9.17, 15) is 0 Å². The summed E-state index contributed by atoms with van der Waals surface area (Å²) >= 11 is 0. The number of unbranched alkanes of at least 4 members (excludes halogenated alkanes) is 7. The van der Waals surface area contributed by atoms with E-state index in [0.29, 0.717) is 0 Å². The van der Waals surface area contributed by atoms with Crippen LogP contribution in [0.15, 0.2) is 0 Å². The van der Waals surface area contributed by atoms with Gasteiger partial charge in [0, 0.05) is 13.2 Å². The first kappa shape index (κ1) is 21.5. The van der Waals surface area contributed by atoms with Crippen LogP contribution in [0.2, 0.25) is 32.2 Å². The topological polar surface area (TPSA) is 27.7 Å². The van der Waals surface area contributed by atoms with Crippen LogP contribution in [0.1, 0.15) is 58.3 Å². The molecule has 21 heavy (non-hydrogen) atoms. The monoisotopic (exact) mass is 350 g/mol. The van der Waals surface area contributed by atoms with Crippen molar-refractivity contribution in [2.45, 2.75) is 90.5 Å². The van der Waals surface area contributed by atoms with Crippen molar-refractivity contribution in [3.8, 4) is 0 Å². The Bertz CT molecular complexity index is 228. The first-order valence-electron chi connectivity index (χ1n) is 8.86. The fourth-order valence-electron chi connectivity index (χ4n) is 2.54. The summed E-state index contributed by atoms with van der Waals surface area (Å²) in [4.78, 5) is 0. The van der Waals surface area contributed by atoms with Gasteiger partial charge in [-0.15, -0.1) is 0 Å². The summed E-state index contributed by atoms with van der Waals surface area (Å²) in [5, 5.41) is 0. The van der Waals surface area contributed by atoms with Crippen LogP contribution in [0.25, 0.3) is 0 Å². The fraction of sp³-hybridized carbons (Fsp3) is 1.00. The van der Waals surface area contributed by atoms with E-state index < -0.39 is 26.9 Å². The van der Waals surface area contributed by atoms with Crippen LogP contribution in [0.3, 0.4) is 0 Å². The zero-order valence-corrected chi connectivity index (χ0v) is 18.6. The van der Waals surface area contributed by atoms with Crippen LogP contribution in [0.4, 0.5) is 0 Å². The van der Waals surface area contributed by atoms with E-state index in [-0.39, 0.29) is 0 Å². The van der Waals surface area contributed by atoms with Gasteiger partial charge >= 0.3 is 8.80 Å². The quantitative estimate of drug-likeness (QED) is 0.335. The van der Waals surface area contributed by atoms with Gasteiger partial charge in [-0.05, 0) is 32.6 Å². The zero-order valence-electron chi connectivity index (χ0n) is 15.2. The average molecular weight is 351 g/mol. The highest BCUT2D eigenvalue weighted by molar-refractivity contribution is 6.75. The van der Waals surface area contributed by atoms with Crippen molar-refractivity contribution in [2.24, 2.45) is 0 Å². The third-order valence-electron chi connectivity index (χ3n) is 3.48. The fourth-order valence-corrected chi connectivity index (χ4v) is 11.6. The van der Waals surface area contributed by atoms with E-state index >= 15 is 0 Å². The van der Waals surface area contributed by atoms with Gasteiger partial charge in [-0.3, -0.25) is 0 Å². The number of rotatable bonds is 14. The Kier molecular flexibility index (Phi) is 13.3. The minimum atomic E-state index is -2.35. The molecule has 0 atom stereocenters. The summed E-state index contributed by atoms with van der Waals surface area (Å²) in [6.45, 7) is 11.1. The molecule has 0 spiro atoms. The maximum Gasteiger partial charge on any atom is 0.479 e. The normalized spacial score (nSPS) is 12.6. The highest BCUT2D eigenvalue weighted by Gasteiger charge is 2.40. The van der Waals surface area contributed by atoms with Crippen molar-refractivity contribution in [2.75, 3.05) is 7.11 Å². The van der Waals surface area contributed by atoms with Crippen LogP contribution in [-0.2, 0) is 12.7 Å². The van der Waals surface area contributed by atoms with E-state index in [2.05, 4.69) is 33.1 Å². The van der Waals surface area contributed by atoms with Crippen molar-refractivity contribution < 1.29 is 12.7 Å².